The highest BCUT2D eigenvalue weighted by Gasteiger charge is 2.03. The summed E-state index contributed by atoms with van der Waals surface area (Å²) in [6.45, 7) is 10.8. The minimum atomic E-state index is 0.0599. The van der Waals surface area contributed by atoms with Crippen LogP contribution in [-0.4, -0.2) is 43.6 Å². The van der Waals surface area contributed by atoms with Crippen molar-refractivity contribution in [2.45, 2.75) is 40.0 Å². The lowest BCUT2D eigenvalue weighted by atomic mass is 10.2. The maximum Gasteiger partial charge on any atom is 0.223 e. The molecule has 0 radical (unpaired) electrons. The van der Waals surface area contributed by atoms with Crippen LogP contribution in [0.1, 0.15) is 39.2 Å². The van der Waals surface area contributed by atoms with Crippen LogP contribution in [0, 0.1) is 0 Å². The molecule has 0 aliphatic carbocycles. The zero-order chi connectivity index (χ0) is 16.2. The van der Waals surface area contributed by atoms with Crippen LogP contribution < -0.4 is 10.1 Å². The van der Waals surface area contributed by atoms with Gasteiger partial charge in [0.05, 0.1) is 13.0 Å². The van der Waals surface area contributed by atoms with Gasteiger partial charge in [-0.25, -0.2) is 0 Å². The van der Waals surface area contributed by atoms with Crippen molar-refractivity contribution in [2.75, 3.05) is 32.8 Å². The lowest BCUT2D eigenvalue weighted by molar-refractivity contribution is -0.121. The van der Waals surface area contributed by atoms with Crippen LogP contribution in [0.15, 0.2) is 24.3 Å². The third-order valence-electron chi connectivity index (χ3n) is 3.80. The summed E-state index contributed by atoms with van der Waals surface area (Å²) in [6.07, 6.45) is 2.42. The summed E-state index contributed by atoms with van der Waals surface area (Å²) >= 11 is 0. The van der Waals surface area contributed by atoms with E-state index in [4.69, 9.17) is 4.74 Å². The number of rotatable bonds is 11. The van der Waals surface area contributed by atoms with Gasteiger partial charge >= 0.3 is 0 Å². The average Bonchev–Trinajstić information content (AvgIpc) is 2.55. The zero-order valence-electron chi connectivity index (χ0n) is 14.2. The number of hydrogen-bond donors (Lipinski definition) is 1. The Kier molecular flexibility index (Phi) is 9.31. The molecule has 4 heteroatoms. The molecule has 0 aromatic heterocycles. The van der Waals surface area contributed by atoms with Gasteiger partial charge in [0.25, 0.3) is 0 Å². The van der Waals surface area contributed by atoms with Gasteiger partial charge in [0.2, 0.25) is 5.91 Å². The predicted octanol–water partition coefficient (Wildman–Crippen LogP) is 2.87. The first-order chi connectivity index (χ1) is 10.7. The maximum atomic E-state index is 11.7. The third-order valence-corrected chi connectivity index (χ3v) is 3.80. The van der Waals surface area contributed by atoms with E-state index in [1.807, 2.05) is 12.1 Å². The van der Waals surface area contributed by atoms with Crippen LogP contribution in [0.5, 0.6) is 5.75 Å². The Morgan fingerprint density at radius 3 is 2.41 bits per heavy atom. The van der Waals surface area contributed by atoms with E-state index in [1.165, 1.54) is 5.56 Å². The van der Waals surface area contributed by atoms with Crippen LogP contribution in [0.2, 0.25) is 0 Å². The van der Waals surface area contributed by atoms with Crippen LogP contribution >= 0.6 is 0 Å². The molecule has 124 valence electrons. The molecule has 0 saturated heterocycles. The largest absolute Gasteiger partial charge is 0.493 e. The second-order valence-corrected chi connectivity index (χ2v) is 5.33. The molecular weight excluding hydrogens is 276 g/mol. The van der Waals surface area contributed by atoms with E-state index in [9.17, 15) is 4.79 Å². The molecule has 0 fully saturated rings. The smallest absolute Gasteiger partial charge is 0.223 e. The van der Waals surface area contributed by atoms with Crippen molar-refractivity contribution < 1.29 is 9.53 Å². The predicted molar refractivity (Wildman–Crippen MR) is 91.3 cm³/mol. The maximum absolute atomic E-state index is 11.7. The standard InChI is InChI=1S/C18H30N2O2/c1-4-16-8-10-17(11-9-16)22-15-12-18(21)19-13-7-14-20(5-2)6-3/h8-11H,4-7,12-15H2,1-3H3,(H,19,21). The molecule has 1 N–H and O–H groups in total. The van der Waals surface area contributed by atoms with Crippen molar-refractivity contribution in [2.24, 2.45) is 0 Å². The summed E-state index contributed by atoms with van der Waals surface area (Å²) in [5.41, 5.74) is 1.29. The first-order valence-corrected chi connectivity index (χ1v) is 8.40. The third kappa shape index (κ3) is 7.46. The molecule has 0 heterocycles. The lowest BCUT2D eigenvalue weighted by Gasteiger charge is -2.17. The van der Waals surface area contributed by atoms with Crippen molar-refractivity contribution in [1.82, 2.24) is 10.2 Å². The molecule has 0 atom stereocenters. The number of amides is 1. The van der Waals surface area contributed by atoms with Gasteiger partial charge in [0.1, 0.15) is 5.75 Å². The summed E-state index contributed by atoms with van der Waals surface area (Å²) in [6, 6.07) is 8.03. The Morgan fingerprint density at radius 2 is 1.82 bits per heavy atom. The Balaban J connectivity index is 2.10. The number of nitrogens with zero attached hydrogens (tertiary/aromatic N) is 1. The molecule has 0 unspecified atom stereocenters. The molecule has 0 aliphatic rings. The first-order valence-electron chi connectivity index (χ1n) is 8.40. The molecule has 4 nitrogen and oxygen atoms in total. The van der Waals surface area contributed by atoms with Gasteiger partial charge in [-0.3, -0.25) is 4.79 Å². The molecule has 1 amide bonds. The summed E-state index contributed by atoms with van der Waals surface area (Å²) in [4.78, 5) is 14.1. The molecule has 0 spiro atoms. The highest BCUT2D eigenvalue weighted by atomic mass is 16.5. The van der Waals surface area contributed by atoms with Crippen LogP contribution in [-0.2, 0) is 11.2 Å². The Bertz CT molecular complexity index is 414. The molecule has 1 aromatic carbocycles. The molecule has 22 heavy (non-hydrogen) atoms. The summed E-state index contributed by atoms with van der Waals surface area (Å²) in [5, 5.41) is 2.95. The topological polar surface area (TPSA) is 41.6 Å². The Morgan fingerprint density at radius 1 is 1.14 bits per heavy atom. The minimum Gasteiger partial charge on any atom is -0.493 e. The fourth-order valence-electron chi connectivity index (χ4n) is 2.24. The molecule has 0 aliphatic heterocycles. The van der Waals surface area contributed by atoms with Crippen LogP contribution in [0.4, 0.5) is 0 Å². The van der Waals surface area contributed by atoms with E-state index in [0.29, 0.717) is 13.0 Å². The quantitative estimate of drug-likeness (QED) is 0.639. The van der Waals surface area contributed by atoms with Gasteiger partial charge in [-0.2, -0.15) is 0 Å². The van der Waals surface area contributed by atoms with Gasteiger partial charge < -0.3 is 15.0 Å². The Hall–Kier alpha value is -1.55. The number of nitrogens with one attached hydrogen (secondary N) is 1. The summed E-state index contributed by atoms with van der Waals surface area (Å²) in [7, 11) is 0. The first kappa shape index (κ1) is 18.5. The van der Waals surface area contributed by atoms with Crippen molar-refractivity contribution in [3.8, 4) is 5.75 Å². The molecule has 1 aromatic rings. The van der Waals surface area contributed by atoms with Crippen LogP contribution in [0.25, 0.3) is 0 Å². The summed E-state index contributed by atoms with van der Waals surface area (Å²) < 4.78 is 5.59. The normalized spacial score (nSPS) is 10.7. The monoisotopic (exact) mass is 306 g/mol. The number of ether oxygens (including phenoxy) is 1. The van der Waals surface area contributed by atoms with Crippen LogP contribution in [0.3, 0.4) is 0 Å². The zero-order valence-corrected chi connectivity index (χ0v) is 14.2. The van der Waals surface area contributed by atoms with E-state index in [2.05, 4.69) is 43.1 Å². The SMILES string of the molecule is CCc1ccc(OCCC(=O)NCCCN(CC)CC)cc1. The second kappa shape index (κ2) is 11.1. The van der Waals surface area contributed by atoms with E-state index in [1.54, 1.807) is 0 Å². The van der Waals surface area contributed by atoms with Crippen molar-refractivity contribution in [3.63, 3.8) is 0 Å². The molecular formula is C18H30N2O2. The number of benzene rings is 1. The molecule has 0 bridgehead atoms. The number of hydrogen-bond acceptors (Lipinski definition) is 3. The Labute approximate surface area is 134 Å². The lowest BCUT2D eigenvalue weighted by Crippen LogP contribution is -2.30. The number of aryl methyl sites for hydroxylation is 1. The van der Waals surface area contributed by atoms with Crippen molar-refractivity contribution in [3.05, 3.63) is 29.8 Å². The molecule has 1 rings (SSSR count). The van der Waals surface area contributed by atoms with Gasteiger partial charge in [0, 0.05) is 6.54 Å². The van der Waals surface area contributed by atoms with Crippen molar-refractivity contribution in [1.29, 1.82) is 0 Å². The number of carbonyl (C=O) groups is 1. The summed E-state index contributed by atoms with van der Waals surface area (Å²) in [5.74, 6) is 0.885. The second-order valence-electron chi connectivity index (χ2n) is 5.33. The van der Waals surface area contributed by atoms with Gasteiger partial charge in [-0.05, 0) is 50.2 Å². The fourth-order valence-corrected chi connectivity index (χ4v) is 2.24. The minimum absolute atomic E-state index is 0.0599. The van der Waals surface area contributed by atoms with Gasteiger partial charge in [0.15, 0.2) is 0 Å². The van der Waals surface area contributed by atoms with E-state index in [-0.39, 0.29) is 5.91 Å². The fraction of sp³-hybridized carbons (Fsp3) is 0.611. The number of carbonyl (C=O) groups excluding carboxylic acids is 1. The van der Waals surface area contributed by atoms with Gasteiger partial charge in [-0.1, -0.05) is 32.9 Å². The van der Waals surface area contributed by atoms with E-state index >= 15 is 0 Å². The van der Waals surface area contributed by atoms with E-state index in [0.717, 1.165) is 44.8 Å². The van der Waals surface area contributed by atoms with Gasteiger partial charge in [-0.15, -0.1) is 0 Å². The highest BCUT2D eigenvalue weighted by molar-refractivity contribution is 5.75. The van der Waals surface area contributed by atoms with Crippen molar-refractivity contribution >= 4 is 5.91 Å². The average molecular weight is 306 g/mol. The van der Waals surface area contributed by atoms with E-state index < -0.39 is 0 Å². The highest BCUT2D eigenvalue weighted by Crippen LogP contribution is 2.12. The molecule has 0 saturated carbocycles.